The second kappa shape index (κ2) is 6.07. The van der Waals surface area contributed by atoms with Crippen molar-refractivity contribution < 1.29 is 19.1 Å². The van der Waals surface area contributed by atoms with E-state index < -0.39 is 23.3 Å². The Balaban J connectivity index is 2.27. The number of halogens is 3. The summed E-state index contributed by atoms with van der Waals surface area (Å²) >= 11 is 11.4. The van der Waals surface area contributed by atoms with Gasteiger partial charge in [0.25, 0.3) is 5.91 Å². The van der Waals surface area contributed by atoms with E-state index in [9.17, 15) is 14.0 Å². The van der Waals surface area contributed by atoms with Crippen molar-refractivity contribution in [1.29, 1.82) is 0 Å². The van der Waals surface area contributed by atoms with Crippen LogP contribution >= 0.6 is 23.2 Å². The van der Waals surface area contributed by atoms with Gasteiger partial charge in [-0.05, 0) is 30.3 Å². The maximum absolute atomic E-state index is 13.2. The van der Waals surface area contributed by atoms with Gasteiger partial charge in [0.05, 0.1) is 11.1 Å². The number of carboxylic acid groups (broad SMARTS) is 1. The molecule has 0 saturated carbocycles. The summed E-state index contributed by atoms with van der Waals surface area (Å²) in [4.78, 5) is 26.5. The summed E-state index contributed by atoms with van der Waals surface area (Å²) < 4.78 is 13.2. The Kier molecular flexibility index (Phi) is 4.40. The summed E-state index contributed by atoms with van der Waals surface area (Å²) in [6.07, 6.45) is 0. The standard InChI is InChI=1S/C13H7Cl2FN2O3/c14-10-4-2-7(11(15)18-10)12(19)17-6-1-3-9(16)8(5-6)13(20)21/h1-5H,(H,17,19)(H,20,21). The highest BCUT2D eigenvalue weighted by Crippen LogP contribution is 2.20. The summed E-state index contributed by atoms with van der Waals surface area (Å²) in [7, 11) is 0. The summed E-state index contributed by atoms with van der Waals surface area (Å²) in [5.41, 5.74) is -0.375. The fourth-order valence-electron chi connectivity index (χ4n) is 1.55. The molecule has 2 rings (SSSR count). The van der Waals surface area contributed by atoms with Crippen LogP contribution < -0.4 is 5.32 Å². The average Bonchev–Trinajstić information content (AvgIpc) is 2.40. The maximum atomic E-state index is 13.2. The molecule has 0 fully saturated rings. The second-order valence-corrected chi connectivity index (χ2v) is 4.67. The van der Waals surface area contributed by atoms with E-state index in [4.69, 9.17) is 28.3 Å². The fourth-order valence-corrected chi connectivity index (χ4v) is 1.98. The first-order valence-electron chi connectivity index (χ1n) is 5.54. The number of nitrogens with zero attached hydrogens (tertiary/aromatic N) is 1. The van der Waals surface area contributed by atoms with Crippen molar-refractivity contribution in [2.45, 2.75) is 0 Å². The molecule has 1 aromatic carbocycles. The first-order valence-corrected chi connectivity index (χ1v) is 6.30. The lowest BCUT2D eigenvalue weighted by atomic mass is 10.2. The Morgan fingerprint density at radius 1 is 1.14 bits per heavy atom. The van der Waals surface area contributed by atoms with Gasteiger partial charge < -0.3 is 10.4 Å². The number of rotatable bonds is 3. The van der Waals surface area contributed by atoms with Gasteiger partial charge in [0.15, 0.2) is 0 Å². The van der Waals surface area contributed by atoms with E-state index in [1.54, 1.807) is 0 Å². The molecule has 2 N–H and O–H groups in total. The van der Waals surface area contributed by atoms with Gasteiger partial charge >= 0.3 is 5.97 Å². The van der Waals surface area contributed by atoms with Gasteiger partial charge in [0.1, 0.15) is 16.1 Å². The predicted octanol–water partition coefficient (Wildman–Crippen LogP) is 3.48. The quantitative estimate of drug-likeness (QED) is 0.845. The summed E-state index contributed by atoms with van der Waals surface area (Å²) in [6.45, 7) is 0. The van der Waals surface area contributed by atoms with Crippen molar-refractivity contribution in [2.24, 2.45) is 0 Å². The number of pyridine rings is 1. The highest BCUT2D eigenvalue weighted by molar-refractivity contribution is 6.35. The van der Waals surface area contributed by atoms with E-state index in [0.717, 1.165) is 12.1 Å². The number of aromatic carboxylic acids is 1. The molecule has 21 heavy (non-hydrogen) atoms. The SMILES string of the molecule is O=C(O)c1cc(NC(=O)c2ccc(Cl)nc2Cl)ccc1F. The minimum atomic E-state index is -1.44. The smallest absolute Gasteiger partial charge is 0.338 e. The van der Waals surface area contributed by atoms with Crippen LogP contribution in [0.4, 0.5) is 10.1 Å². The minimum absolute atomic E-state index is 0.0577. The first kappa shape index (κ1) is 15.2. The van der Waals surface area contributed by atoms with Gasteiger partial charge in [0.2, 0.25) is 0 Å². The zero-order valence-corrected chi connectivity index (χ0v) is 11.7. The zero-order valence-electron chi connectivity index (χ0n) is 10.2. The van der Waals surface area contributed by atoms with E-state index in [1.807, 2.05) is 0 Å². The number of aromatic nitrogens is 1. The van der Waals surface area contributed by atoms with E-state index >= 15 is 0 Å². The molecule has 0 unspecified atom stereocenters. The first-order chi connectivity index (χ1) is 9.88. The van der Waals surface area contributed by atoms with Crippen molar-refractivity contribution in [3.63, 3.8) is 0 Å². The van der Waals surface area contributed by atoms with Crippen LogP contribution in [0.1, 0.15) is 20.7 Å². The van der Waals surface area contributed by atoms with Crippen molar-refractivity contribution >= 4 is 40.8 Å². The third-order valence-corrected chi connectivity index (χ3v) is 3.01. The van der Waals surface area contributed by atoms with E-state index in [1.165, 1.54) is 18.2 Å². The van der Waals surface area contributed by atoms with Crippen LogP contribution in [-0.2, 0) is 0 Å². The molecule has 0 aliphatic carbocycles. The van der Waals surface area contributed by atoms with Gasteiger partial charge in [-0.3, -0.25) is 4.79 Å². The molecule has 0 atom stereocenters. The summed E-state index contributed by atoms with van der Waals surface area (Å²) in [6, 6.07) is 5.94. The topological polar surface area (TPSA) is 79.3 Å². The predicted molar refractivity (Wildman–Crippen MR) is 75.6 cm³/mol. The highest BCUT2D eigenvalue weighted by atomic mass is 35.5. The third-order valence-electron chi connectivity index (χ3n) is 2.51. The lowest BCUT2D eigenvalue weighted by Gasteiger charge is -2.07. The maximum Gasteiger partial charge on any atom is 0.338 e. The van der Waals surface area contributed by atoms with Gasteiger partial charge in [0, 0.05) is 5.69 Å². The molecule has 0 aliphatic heterocycles. The zero-order chi connectivity index (χ0) is 15.6. The lowest BCUT2D eigenvalue weighted by molar-refractivity contribution is 0.0691. The number of benzene rings is 1. The van der Waals surface area contributed by atoms with E-state index in [2.05, 4.69) is 10.3 Å². The van der Waals surface area contributed by atoms with Gasteiger partial charge in [-0.2, -0.15) is 0 Å². The Morgan fingerprint density at radius 2 is 1.86 bits per heavy atom. The number of anilines is 1. The summed E-state index contributed by atoms with van der Waals surface area (Å²) in [5.74, 6) is -2.95. The van der Waals surface area contributed by atoms with Crippen molar-refractivity contribution in [3.8, 4) is 0 Å². The molecule has 5 nitrogen and oxygen atoms in total. The average molecular weight is 329 g/mol. The molecule has 2 aromatic rings. The van der Waals surface area contributed by atoms with Crippen LogP contribution in [0.25, 0.3) is 0 Å². The molecule has 0 spiro atoms. The largest absolute Gasteiger partial charge is 0.478 e. The van der Waals surface area contributed by atoms with Gasteiger partial charge in [-0.15, -0.1) is 0 Å². The van der Waals surface area contributed by atoms with Crippen LogP contribution in [0, 0.1) is 5.82 Å². The van der Waals surface area contributed by atoms with Crippen LogP contribution in [0.2, 0.25) is 10.3 Å². The van der Waals surface area contributed by atoms with Crippen molar-refractivity contribution in [3.05, 3.63) is 57.6 Å². The number of hydrogen-bond donors (Lipinski definition) is 2. The molecule has 0 saturated heterocycles. The van der Waals surface area contributed by atoms with Crippen LogP contribution in [0.3, 0.4) is 0 Å². The Bertz CT molecular complexity index is 737. The summed E-state index contributed by atoms with van der Waals surface area (Å²) in [5, 5.41) is 11.3. The number of carboxylic acids is 1. The molecule has 1 aromatic heterocycles. The molecular formula is C13H7Cl2FN2O3. The molecule has 108 valence electrons. The Labute approximate surface area is 128 Å². The lowest BCUT2D eigenvalue weighted by Crippen LogP contribution is -2.14. The number of carbonyl (C=O) groups is 2. The molecule has 0 aliphatic rings. The van der Waals surface area contributed by atoms with E-state index in [-0.39, 0.29) is 21.6 Å². The van der Waals surface area contributed by atoms with Gasteiger partial charge in [-0.1, -0.05) is 23.2 Å². The number of nitrogens with one attached hydrogen (secondary N) is 1. The number of amides is 1. The van der Waals surface area contributed by atoms with Crippen molar-refractivity contribution in [1.82, 2.24) is 4.98 Å². The molecule has 1 heterocycles. The van der Waals surface area contributed by atoms with Crippen LogP contribution in [-0.4, -0.2) is 22.0 Å². The fraction of sp³-hybridized carbons (Fsp3) is 0. The molecule has 1 amide bonds. The molecular weight excluding hydrogens is 322 g/mol. The number of carbonyl (C=O) groups excluding carboxylic acids is 1. The molecule has 0 radical (unpaired) electrons. The molecule has 8 heteroatoms. The molecule has 0 bridgehead atoms. The van der Waals surface area contributed by atoms with Crippen LogP contribution in [0.5, 0.6) is 0 Å². The number of hydrogen-bond acceptors (Lipinski definition) is 3. The monoisotopic (exact) mass is 328 g/mol. The van der Waals surface area contributed by atoms with Crippen LogP contribution in [0.15, 0.2) is 30.3 Å². The Morgan fingerprint density at radius 3 is 2.48 bits per heavy atom. The Hall–Kier alpha value is -2.18. The van der Waals surface area contributed by atoms with Crippen molar-refractivity contribution in [2.75, 3.05) is 5.32 Å². The second-order valence-electron chi connectivity index (χ2n) is 3.93. The van der Waals surface area contributed by atoms with E-state index in [0.29, 0.717) is 0 Å². The van der Waals surface area contributed by atoms with Gasteiger partial charge in [-0.25, -0.2) is 14.2 Å². The minimum Gasteiger partial charge on any atom is -0.478 e. The normalized spacial score (nSPS) is 10.2. The highest BCUT2D eigenvalue weighted by Gasteiger charge is 2.15. The third kappa shape index (κ3) is 3.48.